The van der Waals surface area contributed by atoms with Crippen LogP contribution in [0.1, 0.15) is 45.1 Å². The van der Waals surface area contributed by atoms with Gasteiger partial charge in [0.15, 0.2) is 5.78 Å². The minimum atomic E-state index is -0.537. The third kappa shape index (κ3) is 1.67. The summed E-state index contributed by atoms with van der Waals surface area (Å²) < 4.78 is 0. The van der Waals surface area contributed by atoms with E-state index in [1.54, 1.807) is 0 Å². The Morgan fingerprint density at radius 1 is 1.17 bits per heavy atom. The van der Waals surface area contributed by atoms with Crippen LogP contribution in [0.15, 0.2) is 41.6 Å². The molecular formula is C16H21NO. The summed E-state index contributed by atoms with van der Waals surface area (Å²) in [6.07, 6.45) is 3.71. The van der Waals surface area contributed by atoms with Gasteiger partial charge in [0.1, 0.15) is 0 Å². The monoisotopic (exact) mass is 243 g/mol. The van der Waals surface area contributed by atoms with E-state index in [-0.39, 0.29) is 5.78 Å². The Morgan fingerprint density at radius 3 is 2.33 bits per heavy atom. The van der Waals surface area contributed by atoms with Crippen molar-refractivity contribution in [2.24, 2.45) is 5.73 Å². The van der Waals surface area contributed by atoms with Gasteiger partial charge in [-0.1, -0.05) is 50.6 Å². The van der Waals surface area contributed by atoms with Gasteiger partial charge in [-0.2, -0.15) is 0 Å². The molecule has 1 aliphatic carbocycles. The van der Waals surface area contributed by atoms with Crippen molar-refractivity contribution in [1.29, 1.82) is 0 Å². The minimum absolute atomic E-state index is 0.238. The lowest BCUT2D eigenvalue weighted by molar-refractivity contribution is -0.122. The molecule has 2 rings (SSSR count). The minimum Gasteiger partial charge on any atom is -0.401 e. The molecule has 0 radical (unpaired) electrons. The number of rotatable bonds is 5. The van der Waals surface area contributed by atoms with Crippen molar-refractivity contribution in [3.63, 3.8) is 0 Å². The molecule has 0 fully saturated rings. The Labute approximate surface area is 109 Å². The Hall–Kier alpha value is -1.57. The highest BCUT2D eigenvalue weighted by Crippen LogP contribution is 2.46. The number of carbonyl (C=O) groups is 1. The maximum absolute atomic E-state index is 12.5. The molecule has 2 heteroatoms. The molecule has 1 unspecified atom stereocenters. The van der Waals surface area contributed by atoms with E-state index < -0.39 is 5.41 Å². The van der Waals surface area contributed by atoms with Crippen LogP contribution in [-0.2, 0) is 10.2 Å². The Balaban J connectivity index is 2.37. The van der Waals surface area contributed by atoms with E-state index in [0.29, 0.717) is 0 Å². The van der Waals surface area contributed by atoms with Crippen molar-refractivity contribution in [3.05, 3.63) is 47.2 Å². The molecule has 0 saturated heterocycles. The van der Waals surface area contributed by atoms with Gasteiger partial charge in [0.05, 0.1) is 5.41 Å². The van der Waals surface area contributed by atoms with Crippen LogP contribution in [0, 0.1) is 0 Å². The summed E-state index contributed by atoms with van der Waals surface area (Å²) in [5, 5.41) is 0. The van der Waals surface area contributed by atoms with Crippen LogP contribution in [0.4, 0.5) is 0 Å². The zero-order chi connectivity index (χ0) is 13.2. The zero-order valence-electron chi connectivity index (χ0n) is 11.2. The summed E-state index contributed by atoms with van der Waals surface area (Å²) in [7, 11) is 0. The standard InChI is InChI=1S/C16H21NO/c1-3-5-11-13-14(17)16(4-2,15(13)18)12-9-7-6-8-10-12/h6-10H,3-5,11,17H2,1-2H3. The highest BCUT2D eigenvalue weighted by Gasteiger charge is 2.51. The quantitative estimate of drug-likeness (QED) is 0.862. The van der Waals surface area contributed by atoms with Crippen LogP contribution >= 0.6 is 0 Å². The number of carbonyl (C=O) groups excluding carboxylic acids is 1. The fraction of sp³-hybridized carbons (Fsp3) is 0.438. The predicted molar refractivity (Wildman–Crippen MR) is 74.2 cm³/mol. The number of nitrogens with two attached hydrogens (primary N) is 1. The molecule has 2 N–H and O–H groups in total. The molecule has 0 saturated carbocycles. The van der Waals surface area contributed by atoms with Gasteiger partial charge in [0.2, 0.25) is 0 Å². The molecule has 1 aromatic carbocycles. The number of benzene rings is 1. The normalized spacial score (nSPS) is 23.1. The summed E-state index contributed by atoms with van der Waals surface area (Å²) >= 11 is 0. The lowest BCUT2D eigenvalue weighted by Crippen LogP contribution is -2.51. The number of allylic oxidation sites excluding steroid dienone is 2. The first-order valence-corrected chi connectivity index (χ1v) is 6.77. The van der Waals surface area contributed by atoms with Gasteiger partial charge in [-0.05, 0) is 24.8 Å². The summed E-state index contributed by atoms with van der Waals surface area (Å²) in [5.41, 5.74) is 8.40. The average Bonchev–Trinajstić information content (AvgIpc) is 2.42. The van der Waals surface area contributed by atoms with Gasteiger partial charge in [0.25, 0.3) is 0 Å². The first-order valence-electron chi connectivity index (χ1n) is 6.77. The van der Waals surface area contributed by atoms with E-state index >= 15 is 0 Å². The fourth-order valence-electron chi connectivity index (χ4n) is 2.86. The SMILES string of the molecule is CCCCC1=C(N)C(CC)(c2ccccc2)C1=O. The zero-order valence-corrected chi connectivity index (χ0v) is 11.2. The number of ketones is 1. The Bertz CT molecular complexity index is 475. The second-order valence-corrected chi connectivity index (χ2v) is 4.95. The van der Waals surface area contributed by atoms with Gasteiger partial charge in [-0.3, -0.25) is 4.79 Å². The first kappa shape index (κ1) is 12.9. The van der Waals surface area contributed by atoms with Gasteiger partial charge >= 0.3 is 0 Å². The molecule has 96 valence electrons. The van der Waals surface area contributed by atoms with E-state index in [2.05, 4.69) is 6.92 Å². The number of Topliss-reactive ketones (excluding diaryl/α,β-unsaturated/α-hetero) is 1. The van der Waals surface area contributed by atoms with Crippen molar-refractivity contribution in [1.82, 2.24) is 0 Å². The summed E-state index contributed by atoms with van der Waals surface area (Å²) in [6.45, 7) is 4.17. The second-order valence-electron chi connectivity index (χ2n) is 4.95. The second kappa shape index (κ2) is 4.97. The van der Waals surface area contributed by atoms with Gasteiger partial charge in [0, 0.05) is 11.3 Å². The van der Waals surface area contributed by atoms with Crippen molar-refractivity contribution >= 4 is 5.78 Å². The molecular weight excluding hydrogens is 222 g/mol. The highest BCUT2D eigenvalue weighted by atomic mass is 16.1. The van der Waals surface area contributed by atoms with Crippen LogP contribution in [0.3, 0.4) is 0 Å². The number of hydrogen-bond donors (Lipinski definition) is 1. The molecule has 0 bridgehead atoms. The van der Waals surface area contributed by atoms with Gasteiger partial charge < -0.3 is 5.73 Å². The third-order valence-electron chi connectivity index (χ3n) is 4.02. The topological polar surface area (TPSA) is 43.1 Å². The molecule has 0 spiro atoms. The summed E-state index contributed by atoms with van der Waals surface area (Å²) in [5.74, 6) is 0.238. The molecule has 0 aromatic heterocycles. The molecule has 0 heterocycles. The van der Waals surface area contributed by atoms with Crippen LogP contribution < -0.4 is 5.73 Å². The van der Waals surface area contributed by atoms with Crippen LogP contribution in [0.5, 0.6) is 0 Å². The van der Waals surface area contributed by atoms with Gasteiger partial charge in [-0.15, -0.1) is 0 Å². The molecule has 0 amide bonds. The lowest BCUT2D eigenvalue weighted by Gasteiger charge is -2.42. The predicted octanol–water partition coefficient (Wildman–Crippen LogP) is 3.32. The van der Waals surface area contributed by atoms with E-state index in [1.807, 2.05) is 37.3 Å². The summed E-state index contributed by atoms with van der Waals surface area (Å²) in [6, 6.07) is 9.91. The fourth-order valence-corrected chi connectivity index (χ4v) is 2.86. The van der Waals surface area contributed by atoms with Crippen LogP contribution in [0.25, 0.3) is 0 Å². The molecule has 1 atom stereocenters. The average molecular weight is 243 g/mol. The summed E-state index contributed by atoms with van der Waals surface area (Å²) in [4.78, 5) is 12.5. The van der Waals surface area contributed by atoms with E-state index in [9.17, 15) is 4.79 Å². The first-order chi connectivity index (χ1) is 8.68. The van der Waals surface area contributed by atoms with Crippen LogP contribution in [0.2, 0.25) is 0 Å². The van der Waals surface area contributed by atoms with Crippen molar-refractivity contribution in [3.8, 4) is 0 Å². The van der Waals surface area contributed by atoms with Crippen molar-refractivity contribution < 1.29 is 4.79 Å². The van der Waals surface area contributed by atoms with E-state index in [4.69, 9.17) is 5.73 Å². The molecule has 18 heavy (non-hydrogen) atoms. The lowest BCUT2D eigenvalue weighted by atomic mass is 9.60. The van der Waals surface area contributed by atoms with Crippen LogP contribution in [-0.4, -0.2) is 5.78 Å². The Morgan fingerprint density at radius 2 is 1.83 bits per heavy atom. The maximum atomic E-state index is 12.5. The maximum Gasteiger partial charge on any atom is 0.177 e. The Kier molecular flexibility index (Phi) is 3.55. The van der Waals surface area contributed by atoms with Gasteiger partial charge in [-0.25, -0.2) is 0 Å². The largest absolute Gasteiger partial charge is 0.401 e. The molecule has 2 nitrogen and oxygen atoms in total. The molecule has 0 aliphatic heterocycles. The smallest absolute Gasteiger partial charge is 0.177 e. The van der Waals surface area contributed by atoms with E-state index in [0.717, 1.165) is 42.5 Å². The van der Waals surface area contributed by atoms with Crippen molar-refractivity contribution in [2.45, 2.75) is 44.9 Å². The van der Waals surface area contributed by atoms with E-state index in [1.165, 1.54) is 0 Å². The molecule has 1 aromatic rings. The number of hydrogen-bond acceptors (Lipinski definition) is 2. The third-order valence-corrected chi connectivity index (χ3v) is 4.02. The molecule has 1 aliphatic rings. The van der Waals surface area contributed by atoms with Crippen molar-refractivity contribution in [2.75, 3.05) is 0 Å². The highest BCUT2D eigenvalue weighted by molar-refractivity contribution is 6.13. The number of unbranched alkanes of at least 4 members (excludes halogenated alkanes) is 1.